The lowest BCUT2D eigenvalue weighted by Crippen LogP contribution is -1.76. The van der Waals surface area contributed by atoms with Crippen molar-refractivity contribution in [3.05, 3.63) is 23.2 Å². The molecule has 0 N–H and O–H groups in total. The second-order valence-electron chi connectivity index (χ2n) is 2.71. The molecule has 0 nitrogen and oxygen atoms in total. The van der Waals surface area contributed by atoms with Gasteiger partial charge >= 0.3 is 0 Å². The van der Waals surface area contributed by atoms with Gasteiger partial charge in [0.1, 0.15) is 0 Å². The molecule has 0 aliphatic carbocycles. The summed E-state index contributed by atoms with van der Waals surface area (Å²) < 4.78 is 0. The third kappa shape index (κ3) is 10.1. The molecule has 0 atom stereocenters. The molecule has 0 unspecified atom stereocenters. The van der Waals surface area contributed by atoms with Crippen LogP contribution in [0.15, 0.2) is 23.2 Å². The van der Waals surface area contributed by atoms with Crippen LogP contribution < -0.4 is 0 Å². The summed E-state index contributed by atoms with van der Waals surface area (Å²) in [7, 11) is 0. The molecule has 0 rings (SSSR count). The Labute approximate surface area is 85.3 Å². The van der Waals surface area contributed by atoms with Crippen LogP contribution in [0.1, 0.15) is 38.5 Å². The van der Waals surface area contributed by atoms with E-state index in [2.05, 4.69) is 0 Å². The van der Waals surface area contributed by atoms with Crippen molar-refractivity contribution in [3.8, 4) is 0 Å². The van der Waals surface area contributed by atoms with Gasteiger partial charge in [-0.3, -0.25) is 0 Å². The van der Waals surface area contributed by atoms with Crippen molar-refractivity contribution < 1.29 is 0 Å². The van der Waals surface area contributed by atoms with Crippen LogP contribution in [0.25, 0.3) is 0 Å². The second-order valence-corrected chi connectivity index (χ2v) is 3.22. The molecule has 0 spiro atoms. The van der Waals surface area contributed by atoms with Gasteiger partial charge in [-0.1, -0.05) is 48.2 Å². The van der Waals surface area contributed by atoms with Gasteiger partial charge in [0.05, 0.1) is 0 Å². The average molecular weight is 207 g/mol. The highest BCUT2D eigenvalue weighted by Gasteiger charge is 1.86. The highest BCUT2D eigenvalue weighted by Crippen LogP contribution is 2.06. The molecule has 0 saturated heterocycles. The Kier molecular flexibility index (Phi) is 11.1. The molecule has 0 radical (unpaired) electrons. The van der Waals surface area contributed by atoms with Gasteiger partial charge in [-0.25, -0.2) is 0 Å². The SMILES string of the molecule is Cl/C=C/CCCCCC/C=C/Cl. The first-order valence-electron chi connectivity index (χ1n) is 4.42. The quantitative estimate of drug-likeness (QED) is 0.524. The maximum Gasteiger partial charge on any atom is 0.000245 e. The number of hydrogen-bond acceptors (Lipinski definition) is 0. The average Bonchev–Trinajstić information content (AvgIpc) is 2.10. The van der Waals surface area contributed by atoms with Gasteiger partial charge in [0.15, 0.2) is 0 Å². The van der Waals surface area contributed by atoms with Crippen molar-refractivity contribution >= 4 is 23.2 Å². The molecule has 12 heavy (non-hydrogen) atoms. The van der Waals surface area contributed by atoms with E-state index in [-0.39, 0.29) is 0 Å². The lowest BCUT2D eigenvalue weighted by molar-refractivity contribution is 0.652. The first-order valence-corrected chi connectivity index (χ1v) is 5.29. The molecule has 0 aliphatic rings. The summed E-state index contributed by atoms with van der Waals surface area (Å²) in [6.45, 7) is 0. The van der Waals surface area contributed by atoms with Crippen LogP contribution in [0.3, 0.4) is 0 Å². The predicted molar refractivity (Wildman–Crippen MR) is 57.7 cm³/mol. The molecule has 2 heteroatoms. The molecule has 0 aliphatic heterocycles. The smallest absolute Gasteiger partial charge is 0.000245 e. The number of hydrogen-bond donors (Lipinski definition) is 0. The van der Waals surface area contributed by atoms with E-state index in [0.29, 0.717) is 0 Å². The molecule has 0 aromatic heterocycles. The second kappa shape index (κ2) is 11.1. The first-order chi connectivity index (χ1) is 5.91. The molecule has 0 amide bonds. The van der Waals surface area contributed by atoms with Gasteiger partial charge in [-0.15, -0.1) is 0 Å². The van der Waals surface area contributed by atoms with Crippen molar-refractivity contribution in [2.75, 3.05) is 0 Å². The van der Waals surface area contributed by atoms with Crippen LogP contribution in [0.5, 0.6) is 0 Å². The molecule has 0 bridgehead atoms. The molecule has 0 aromatic carbocycles. The van der Waals surface area contributed by atoms with Crippen LogP contribution in [-0.4, -0.2) is 0 Å². The highest BCUT2D eigenvalue weighted by molar-refractivity contribution is 6.25. The summed E-state index contributed by atoms with van der Waals surface area (Å²) in [5.74, 6) is 0. The van der Waals surface area contributed by atoms with Gasteiger partial charge in [0, 0.05) is 11.1 Å². The lowest BCUT2D eigenvalue weighted by Gasteiger charge is -1.95. The van der Waals surface area contributed by atoms with Crippen molar-refractivity contribution in [1.82, 2.24) is 0 Å². The zero-order valence-electron chi connectivity index (χ0n) is 7.31. The molecule has 0 aromatic rings. The number of allylic oxidation sites excluding steroid dienone is 2. The Bertz CT molecular complexity index is 112. The minimum atomic E-state index is 1.11. The van der Waals surface area contributed by atoms with E-state index in [0.717, 1.165) is 12.8 Å². The van der Waals surface area contributed by atoms with Gasteiger partial charge in [0.2, 0.25) is 0 Å². The zero-order valence-corrected chi connectivity index (χ0v) is 8.82. The third-order valence-corrected chi connectivity index (χ3v) is 2.03. The monoisotopic (exact) mass is 206 g/mol. The van der Waals surface area contributed by atoms with E-state index in [1.54, 1.807) is 11.1 Å². The van der Waals surface area contributed by atoms with Crippen LogP contribution in [0.2, 0.25) is 0 Å². The van der Waals surface area contributed by atoms with Gasteiger partial charge in [-0.2, -0.15) is 0 Å². The van der Waals surface area contributed by atoms with E-state index in [1.807, 2.05) is 12.2 Å². The largest absolute Gasteiger partial charge is 0.0933 e. The third-order valence-electron chi connectivity index (χ3n) is 1.67. The molecule has 70 valence electrons. The maximum atomic E-state index is 5.38. The van der Waals surface area contributed by atoms with Crippen LogP contribution in [0, 0.1) is 0 Å². The predicted octanol–water partition coefficient (Wildman–Crippen LogP) is 4.83. The van der Waals surface area contributed by atoms with E-state index in [9.17, 15) is 0 Å². The molecular weight excluding hydrogens is 191 g/mol. The summed E-state index contributed by atoms with van der Waals surface area (Å²) in [5.41, 5.74) is 3.19. The van der Waals surface area contributed by atoms with Crippen LogP contribution in [0.4, 0.5) is 0 Å². The Morgan fingerprint density at radius 3 is 1.42 bits per heavy atom. The van der Waals surface area contributed by atoms with Crippen LogP contribution in [-0.2, 0) is 0 Å². The number of rotatable bonds is 7. The minimum absolute atomic E-state index is 1.11. The maximum absolute atomic E-state index is 5.38. The van der Waals surface area contributed by atoms with E-state index >= 15 is 0 Å². The van der Waals surface area contributed by atoms with E-state index < -0.39 is 0 Å². The van der Waals surface area contributed by atoms with Gasteiger partial charge in [0.25, 0.3) is 0 Å². The fourth-order valence-corrected chi connectivity index (χ4v) is 1.26. The summed E-state index contributed by atoms with van der Waals surface area (Å²) in [6.07, 6.45) is 11.3. The Balaban J connectivity index is 2.91. The summed E-state index contributed by atoms with van der Waals surface area (Å²) >= 11 is 10.8. The Morgan fingerprint density at radius 2 is 1.08 bits per heavy atom. The summed E-state index contributed by atoms with van der Waals surface area (Å²) in [6, 6.07) is 0. The number of halogens is 2. The van der Waals surface area contributed by atoms with E-state index in [1.165, 1.54) is 25.7 Å². The molecule has 0 saturated carbocycles. The van der Waals surface area contributed by atoms with Gasteiger partial charge < -0.3 is 0 Å². The summed E-state index contributed by atoms with van der Waals surface area (Å²) in [5, 5.41) is 0. The first kappa shape index (κ1) is 12.1. The topological polar surface area (TPSA) is 0 Å². The number of unbranched alkanes of at least 4 members (excludes halogenated alkanes) is 5. The minimum Gasteiger partial charge on any atom is -0.0933 e. The Hall–Kier alpha value is 0.0600. The van der Waals surface area contributed by atoms with Crippen molar-refractivity contribution in [1.29, 1.82) is 0 Å². The standard InChI is InChI=1S/C10H16Cl2/c11-9-7-5-3-1-2-4-6-8-10-12/h7-10H,1-6H2/b9-7+,10-8+. The summed E-state index contributed by atoms with van der Waals surface area (Å²) in [4.78, 5) is 0. The molecule has 0 heterocycles. The van der Waals surface area contributed by atoms with Gasteiger partial charge in [-0.05, 0) is 25.7 Å². The molecular formula is C10H16Cl2. The lowest BCUT2D eigenvalue weighted by atomic mass is 10.1. The fraction of sp³-hybridized carbons (Fsp3) is 0.600. The van der Waals surface area contributed by atoms with Crippen molar-refractivity contribution in [2.45, 2.75) is 38.5 Å². The van der Waals surface area contributed by atoms with E-state index in [4.69, 9.17) is 23.2 Å². The normalized spacial score (nSPS) is 11.8. The van der Waals surface area contributed by atoms with Crippen LogP contribution >= 0.6 is 23.2 Å². The molecule has 0 fully saturated rings. The Morgan fingerprint density at radius 1 is 0.667 bits per heavy atom. The highest BCUT2D eigenvalue weighted by atomic mass is 35.5. The zero-order chi connectivity index (χ0) is 9.07. The van der Waals surface area contributed by atoms with Crippen molar-refractivity contribution in [3.63, 3.8) is 0 Å². The fourth-order valence-electron chi connectivity index (χ4n) is 1.00. The van der Waals surface area contributed by atoms with Crippen molar-refractivity contribution in [2.24, 2.45) is 0 Å².